The first kappa shape index (κ1) is 13.2. The number of nitrogens with zero attached hydrogens (tertiary/aromatic N) is 1. The Hall–Kier alpha value is -1.87. The molecule has 0 radical (unpaired) electrons. The summed E-state index contributed by atoms with van der Waals surface area (Å²) in [7, 11) is 0. The summed E-state index contributed by atoms with van der Waals surface area (Å²) in [5.41, 5.74) is -0.322. The Morgan fingerprint density at radius 1 is 1.53 bits per heavy atom. The molecule has 0 bridgehead atoms. The second-order valence-corrected chi connectivity index (χ2v) is 3.84. The van der Waals surface area contributed by atoms with Crippen molar-refractivity contribution in [3.05, 3.63) is 33.4 Å². The summed E-state index contributed by atoms with van der Waals surface area (Å²) < 4.78 is 0. The van der Waals surface area contributed by atoms with Crippen molar-refractivity contribution in [1.29, 1.82) is 0 Å². The number of nitro benzene ring substituents is 1. The van der Waals surface area contributed by atoms with E-state index in [4.69, 9.17) is 0 Å². The summed E-state index contributed by atoms with van der Waals surface area (Å²) in [6.07, 6.45) is 0.948. The zero-order valence-corrected chi connectivity index (χ0v) is 10.2. The van der Waals surface area contributed by atoms with Gasteiger partial charge in [0.1, 0.15) is 0 Å². The van der Waals surface area contributed by atoms with Crippen LogP contribution in [0.3, 0.4) is 0 Å². The Labute approximate surface area is 106 Å². The van der Waals surface area contributed by atoms with Gasteiger partial charge in [0.25, 0.3) is 0 Å². The van der Waals surface area contributed by atoms with Crippen molar-refractivity contribution >= 4 is 27.9 Å². The Morgan fingerprint density at radius 3 is 2.76 bits per heavy atom. The topological polar surface area (TPSA) is 80.4 Å². The molecule has 0 unspecified atom stereocenters. The van der Waals surface area contributed by atoms with E-state index in [1.807, 2.05) is 0 Å². The van der Waals surface area contributed by atoms with Crippen molar-refractivity contribution in [1.82, 2.24) is 0 Å². The molecular formula is C11H8BrNO4. The average Bonchev–Trinajstić information content (AvgIpc) is 2.30. The number of halogens is 1. The van der Waals surface area contributed by atoms with Crippen LogP contribution in [0, 0.1) is 22.0 Å². The molecule has 88 valence electrons. The molecule has 0 heterocycles. The quantitative estimate of drug-likeness (QED) is 0.305. The number of carbonyl (C=O) groups excluding carboxylic acids is 1. The summed E-state index contributed by atoms with van der Waals surface area (Å²) in [6.45, 7) is 0. The van der Waals surface area contributed by atoms with Gasteiger partial charge in [-0.05, 0) is 6.07 Å². The molecule has 17 heavy (non-hydrogen) atoms. The van der Waals surface area contributed by atoms with Gasteiger partial charge < -0.3 is 5.11 Å². The van der Waals surface area contributed by atoms with Gasteiger partial charge >= 0.3 is 5.69 Å². The normalized spacial score (nSPS) is 9.24. The fourth-order valence-corrected chi connectivity index (χ4v) is 1.35. The monoisotopic (exact) mass is 297 g/mol. The van der Waals surface area contributed by atoms with Crippen LogP contribution in [0.15, 0.2) is 12.1 Å². The molecule has 5 nitrogen and oxygen atoms in total. The fourth-order valence-electron chi connectivity index (χ4n) is 1.15. The molecule has 1 rings (SSSR count). The van der Waals surface area contributed by atoms with Gasteiger partial charge in [-0.2, -0.15) is 0 Å². The van der Waals surface area contributed by atoms with Crippen LogP contribution in [-0.4, -0.2) is 21.6 Å². The Bertz CT molecular complexity index is 516. The molecule has 0 aliphatic rings. The molecule has 0 saturated carbocycles. The smallest absolute Gasteiger partial charge is 0.312 e. The number of hydrogen-bond donors (Lipinski definition) is 1. The molecule has 0 spiro atoms. The number of aromatic hydroxyl groups is 1. The van der Waals surface area contributed by atoms with E-state index in [0.29, 0.717) is 23.6 Å². The molecule has 0 fully saturated rings. The molecule has 1 aromatic carbocycles. The third-order valence-electron chi connectivity index (χ3n) is 1.90. The highest BCUT2D eigenvalue weighted by Crippen LogP contribution is 2.29. The Kier molecular flexibility index (Phi) is 4.67. The molecule has 6 heteroatoms. The van der Waals surface area contributed by atoms with E-state index in [9.17, 15) is 20.0 Å². The lowest BCUT2D eigenvalue weighted by atomic mass is 10.1. The van der Waals surface area contributed by atoms with Gasteiger partial charge in [0.15, 0.2) is 6.29 Å². The van der Waals surface area contributed by atoms with Crippen LogP contribution in [-0.2, 0) is 0 Å². The van der Waals surface area contributed by atoms with Crippen LogP contribution in [0.25, 0.3) is 0 Å². The summed E-state index contributed by atoms with van der Waals surface area (Å²) >= 11 is 3.19. The number of nitro groups is 1. The van der Waals surface area contributed by atoms with Crippen LogP contribution >= 0.6 is 15.9 Å². The van der Waals surface area contributed by atoms with Crippen molar-refractivity contribution in [2.45, 2.75) is 6.42 Å². The van der Waals surface area contributed by atoms with E-state index in [1.165, 1.54) is 6.07 Å². The molecule has 0 aliphatic heterocycles. The van der Waals surface area contributed by atoms with Gasteiger partial charge in [0, 0.05) is 23.4 Å². The summed E-state index contributed by atoms with van der Waals surface area (Å²) in [5.74, 6) is 4.83. The average molecular weight is 298 g/mol. The molecule has 0 atom stereocenters. The maximum atomic E-state index is 10.6. The van der Waals surface area contributed by atoms with E-state index in [1.54, 1.807) is 0 Å². The number of carbonyl (C=O) groups is 1. The van der Waals surface area contributed by atoms with E-state index in [0.717, 1.165) is 6.07 Å². The van der Waals surface area contributed by atoms with Gasteiger partial charge in [-0.25, -0.2) is 0 Å². The molecule has 0 aromatic heterocycles. The fraction of sp³-hybridized carbons (Fsp3) is 0.182. The van der Waals surface area contributed by atoms with Crippen molar-refractivity contribution < 1.29 is 14.8 Å². The van der Waals surface area contributed by atoms with Crippen LogP contribution in [0.5, 0.6) is 5.75 Å². The highest BCUT2D eigenvalue weighted by molar-refractivity contribution is 9.09. The van der Waals surface area contributed by atoms with Crippen LogP contribution < -0.4 is 0 Å². The van der Waals surface area contributed by atoms with Gasteiger partial charge in [-0.1, -0.05) is 27.8 Å². The molecule has 1 N–H and O–H groups in total. The minimum absolute atomic E-state index is 0.137. The van der Waals surface area contributed by atoms with E-state index < -0.39 is 16.4 Å². The number of phenols is 1. The first-order valence-electron chi connectivity index (χ1n) is 4.61. The second-order valence-electron chi connectivity index (χ2n) is 3.05. The zero-order valence-electron chi connectivity index (χ0n) is 8.64. The van der Waals surface area contributed by atoms with Gasteiger partial charge in [-0.3, -0.25) is 14.9 Å². The highest BCUT2D eigenvalue weighted by Gasteiger charge is 2.18. The first-order chi connectivity index (χ1) is 8.10. The summed E-state index contributed by atoms with van der Waals surface area (Å²) in [6, 6.07) is 2.46. The highest BCUT2D eigenvalue weighted by atomic mass is 79.9. The molecule has 0 amide bonds. The number of rotatable bonds is 3. The summed E-state index contributed by atoms with van der Waals surface area (Å²) in [4.78, 5) is 20.5. The number of benzene rings is 1. The standard InChI is InChI=1S/C11H8BrNO4/c12-4-2-1-3-8-5-9(7-14)11(15)10(6-8)13(16)17/h5-7,15H,2,4H2. The van der Waals surface area contributed by atoms with E-state index in [2.05, 4.69) is 27.8 Å². The summed E-state index contributed by atoms with van der Waals surface area (Å²) in [5, 5.41) is 20.8. The van der Waals surface area contributed by atoms with Crippen LogP contribution in [0.1, 0.15) is 22.3 Å². The third kappa shape index (κ3) is 3.29. The molecular weight excluding hydrogens is 290 g/mol. The maximum absolute atomic E-state index is 10.6. The van der Waals surface area contributed by atoms with Crippen molar-refractivity contribution in [2.24, 2.45) is 0 Å². The second kappa shape index (κ2) is 6.01. The van der Waals surface area contributed by atoms with Crippen LogP contribution in [0.4, 0.5) is 5.69 Å². The Morgan fingerprint density at radius 2 is 2.24 bits per heavy atom. The lowest BCUT2D eigenvalue weighted by molar-refractivity contribution is -0.385. The molecule has 0 aliphatic carbocycles. The predicted octanol–water partition coefficient (Wildman–Crippen LogP) is 2.25. The number of aldehydes is 1. The zero-order chi connectivity index (χ0) is 12.8. The predicted molar refractivity (Wildman–Crippen MR) is 65.4 cm³/mol. The Balaban J connectivity index is 3.26. The van der Waals surface area contributed by atoms with Gasteiger partial charge in [0.2, 0.25) is 5.75 Å². The van der Waals surface area contributed by atoms with E-state index >= 15 is 0 Å². The molecule has 0 saturated heterocycles. The third-order valence-corrected chi connectivity index (χ3v) is 2.29. The first-order valence-corrected chi connectivity index (χ1v) is 5.73. The lowest BCUT2D eigenvalue weighted by Crippen LogP contribution is -1.93. The van der Waals surface area contributed by atoms with Crippen molar-refractivity contribution in [3.63, 3.8) is 0 Å². The van der Waals surface area contributed by atoms with Crippen molar-refractivity contribution in [2.75, 3.05) is 5.33 Å². The number of hydrogen-bond acceptors (Lipinski definition) is 4. The molecule has 1 aromatic rings. The SMILES string of the molecule is O=Cc1cc(C#CCCBr)cc([N+](=O)[O-])c1O. The number of phenolic OH excluding ortho intramolecular Hbond substituents is 1. The lowest BCUT2D eigenvalue weighted by Gasteiger charge is -2.00. The minimum atomic E-state index is -0.752. The minimum Gasteiger partial charge on any atom is -0.502 e. The van der Waals surface area contributed by atoms with Crippen molar-refractivity contribution in [3.8, 4) is 17.6 Å². The largest absolute Gasteiger partial charge is 0.502 e. The van der Waals surface area contributed by atoms with Gasteiger partial charge in [0.05, 0.1) is 10.5 Å². The maximum Gasteiger partial charge on any atom is 0.312 e. The number of alkyl halides is 1. The van der Waals surface area contributed by atoms with Gasteiger partial charge in [-0.15, -0.1) is 0 Å². The van der Waals surface area contributed by atoms with Crippen LogP contribution in [0.2, 0.25) is 0 Å². The van der Waals surface area contributed by atoms with E-state index in [-0.39, 0.29) is 5.56 Å².